The van der Waals surface area contributed by atoms with Gasteiger partial charge in [0.2, 0.25) is 5.91 Å². The van der Waals surface area contributed by atoms with Crippen LogP contribution in [0.3, 0.4) is 0 Å². The molecule has 0 radical (unpaired) electrons. The predicted molar refractivity (Wildman–Crippen MR) is 97.7 cm³/mol. The number of fused-ring (bicyclic) bond motifs is 1. The molecule has 0 aliphatic carbocycles. The van der Waals surface area contributed by atoms with Gasteiger partial charge in [-0.05, 0) is 30.2 Å². The van der Waals surface area contributed by atoms with Gasteiger partial charge in [0.1, 0.15) is 0 Å². The molecule has 2 N–H and O–H groups in total. The quantitative estimate of drug-likeness (QED) is 0.807. The highest BCUT2D eigenvalue weighted by molar-refractivity contribution is 5.85. The summed E-state index contributed by atoms with van der Waals surface area (Å²) in [5, 5.41) is 10.8. The predicted octanol–water partition coefficient (Wildman–Crippen LogP) is 1.52. The van der Waals surface area contributed by atoms with Gasteiger partial charge in [-0.2, -0.15) is 5.10 Å². The second-order valence-corrected chi connectivity index (χ2v) is 5.48. The molecule has 0 saturated carbocycles. The van der Waals surface area contributed by atoms with Gasteiger partial charge in [-0.3, -0.25) is 14.5 Å². The summed E-state index contributed by atoms with van der Waals surface area (Å²) in [6.07, 6.45) is 5.55. The zero-order valence-corrected chi connectivity index (χ0v) is 15.0. The standard InChI is InChI=1S/C16H21N5O.2ClH/c22-16(19-8-5-13-3-6-17-7-4-13)2-1-14-11-15-12-18-9-10-21(15)20-14;;/h3-4,6-7,11,18H,1-2,5,8-10,12H2,(H,19,22);2*1H. The molecule has 1 aliphatic rings. The minimum atomic E-state index is 0. The average Bonchev–Trinajstić information content (AvgIpc) is 2.97. The van der Waals surface area contributed by atoms with Gasteiger partial charge < -0.3 is 10.6 Å². The number of carbonyl (C=O) groups is 1. The molecule has 3 rings (SSSR count). The monoisotopic (exact) mass is 371 g/mol. The zero-order valence-electron chi connectivity index (χ0n) is 13.4. The number of rotatable bonds is 6. The molecule has 8 heteroatoms. The summed E-state index contributed by atoms with van der Waals surface area (Å²) in [6.45, 7) is 3.40. The molecule has 1 aliphatic heterocycles. The molecule has 24 heavy (non-hydrogen) atoms. The van der Waals surface area contributed by atoms with Crippen LogP contribution in [0.2, 0.25) is 0 Å². The maximum Gasteiger partial charge on any atom is 0.220 e. The molecule has 0 spiro atoms. The van der Waals surface area contributed by atoms with E-state index in [1.165, 1.54) is 11.3 Å². The molecule has 1 amide bonds. The zero-order chi connectivity index (χ0) is 15.2. The molecule has 0 fully saturated rings. The third-order valence-electron chi connectivity index (χ3n) is 3.81. The smallest absolute Gasteiger partial charge is 0.220 e. The van der Waals surface area contributed by atoms with Crippen LogP contribution in [-0.2, 0) is 30.7 Å². The second kappa shape index (κ2) is 10.3. The highest BCUT2D eigenvalue weighted by atomic mass is 35.5. The van der Waals surface area contributed by atoms with Crippen molar-refractivity contribution in [2.75, 3.05) is 13.1 Å². The van der Waals surface area contributed by atoms with Crippen LogP contribution >= 0.6 is 24.8 Å². The molecule has 0 unspecified atom stereocenters. The first-order chi connectivity index (χ1) is 10.8. The highest BCUT2D eigenvalue weighted by Gasteiger charge is 2.12. The fraction of sp³-hybridized carbons (Fsp3) is 0.438. The molecular weight excluding hydrogens is 349 g/mol. The van der Waals surface area contributed by atoms with Crippen molar-refractivity contribution in [1.29, 1.82) is 0 Å². The summed E-state index contributed by atoms with van der Waals surface area (Å²) in [6, 6.07) is 6.03. The third-order valence-corrected chi connectivity index (χ3v) is 3.81. The van der Waals surface area contributed by atoms with Gasteiger partial charge in [-0.15, -0.1) is 24.8 Å². The Morgan fingerprint density at radius 2 is 2.04 bits per heavy atom. The van der Waals surface area contributed by atoms with E-state index in [0.717, 1.165) is 31.7 Å². The van der Waals surface area contributed by atoms with Gasteiger partial charge >= 0.3 is 0 Å². The fourth-order valence-corrected chi connectivity index (χ4v) is 2.60. The van der Waals surface area contributed by atoms with Crippen LogP contribution in [0.15, 0.2) is 30.6 Å². The molecule has 0 atom stereocenters. The van der Waals surface area contributed by atoms with E-state index in [2.05, 4.69) is 26.8 Å². The first kappa shape index (κ1) is 20.4. The Bertz CT molecular complexity index is 609. The lowest BCUT2D eigenvalue weighted by Gasteiger charge is -2.13. The van der Waals surface area contributed by atoms with Crippen LogP contribution in [0.4, 0.5) is 0 Å². The number of aromatic nitrogens is 3. The van der Waals surface area contributed by atoms with Crippen molar-refractivity contribution in [3.05, 3.63) is 47.5 Å². The lowest BCUT2D eigenvalue weighted by atomic mass is 10.2. The Morgan fingerprint density at radius 1 is 1.25 bits per heavy atom. The van der Waals surface area contributed by atoms with Crippen molar-refractivity contribution in [3.8, 4) is 0 Å². The molecule has 0 bridgehead atoms. The van der Waals surface area contributed by atoms with E-state index < -0.39 is 0 Å². The van der Waals surface area contributed by atoms with Crippen molar-refractivity contribution in [1.82, 2.24) is 25.4 Å². The molecule has 3 heterocycles. The molecule has 0 saturated heterocycles. The minimum absolute atomic E-state index is 0. The first-order valence-electron chi connectivity index (χ1n) is 7.73. The fourth-order valence-electron chi connectivity index (χ4n) is 2.60. The average molecular weight is 372 g/mol. The Kier molecular flexibility index (Phi) is 8.74. The number of hydrogen-bond acceptors (Lipinski definition) is 4. The number of nitrogens with one attached hydrogen (secondary N) is 2. The normalized spacial score (nSPS) is 12.5. The number of amides is 1. The van der Waals surface area contributed by atoms with E-state index in [4.69, 9.17) is 0 Å². The molecule has 2 aromatic rings. The molecule has 132 valence electrons. The molecule has 6 nitrogen and oxygen atoms in total. The summed E-state index contributed by atoms with van der Waals surface area (Å²) in [5.41, 5.74) is 3.40. The van der Waals surface area contributed by atoms with E-state index >= 15 is 0 Å². The van der Waals surface area contributed by atoms with Gasteiger partial charge in [0.15, 0.2) is 0 Å². The third kappa shape index (κ3) is 5.78. The van der Waals surface area contributed by atoms with Crippen molar-refractivity contribution in [2.45, 2.75) is 32.4 Å². The first-order valence-corrected chi connectivity index (χ1v) is 7.73. The molecule has 0 aromatic carbocycles. The van der Waals surface area contributed by atoms with Gasteiger partial charge in [0.25, 0.3) is 0 Å². The number of hydrogen-bond donors (Lipinski definition) is 2. The van der Waals surface area contributed by atoms with Crippen molar-refractivity contribution in [3.63, 3.8) is 0 Å². The van der Waals surface area contributed by atoms with E-state index in [1.54, 1.807) is 12.4 Å². The van der Waals surface area contributed by atoms with Gasteiger partial charge in [-0.25, -0.2) is 0 Å². The summed E-state index contributed by atoms with van der Waals surface area (Å²) in [5.74, 6) is 0.0816. The summed E-state index contributed by atoms with van der Waals surface area (Å²) in [7, 11) is 0. The number of aryl methyl sites for hydroxylation is 1. The van der Waals surface area contributed by atoms with Crippen LogP contribution in [0.5, 0.6) is 0 Å². The maximum absolute atomic E-state index is 11.9. The Hall–Kier alpha value is -1.63. The summed E-state index contributed by atoms with van der Waals surface area (Å²) in [4.78, 5) is 15.9. The molecule has 2 aromatic heterocycles. The van der Waals surface area contributed by atoms with E-state index in [1.807, 2.05) is 16.8 Å². The Labute approximate surface area is 154 Å². The topological polar surface area (TPSA) is 71.8 Å². The second-order valence-electron chi connectivity index (χ2n) is 5.48. The Balaban J connectivity index is 0.00000144. The number of carbonyl (C=O) groups excluding carboxylic acids is 1. The van der Waals surface area contributed by atoms with Gasteiger partial charge in [-0.1, -0.05) is 0 Å². The van der Waals surface area contributed by atoms with E-state index in [9.17, 15) is 4.79 Å². The van der Waals surface area contributed by atoms with Crippen LogP contribution < -0.4 is 10.6 Å². The lowest BCUT2D eigenvalue weighted by molar-refractivity contribution is -0.121. The van der Waals surface area contributed by atoms with Crippen LogP contribution in [0, 0.1) is 0 Å². The summed E-state index contributed by atoms with van der Waals surface area (Å²) < 4.78 is 2.03. The minimum Gasteiger partial charge on any atom is -0.356 e. The lowest BCUT2D eigenvalue weighted by Crippen LogP contribution is -2.28. The van der Waals surface area contributed by atoms with Gasteiger partial charge in [0, 0.05) is 44.9 Å². The van der Waals surface area contributed by atoms with Crippen LogP contribution in [0.1, 0.15) is 23.4 Å². The van der Waals surface area contributed by atoms with Crippen LogP contribution in [-0.4, -0.2) is 33.8 Å². The van der Waals surface area contributed by atoms with E-state index in [0.29, 0.717) is 19.4 Å². The largest absolute Gasteiger partial charge is 0.356 e. The van der Waals surface area contributed by atoms with Crippen molar-refractivity contribution in [2.24, 2.45) is 0 Å². The summed E-state index contributed by atoms with van der Waals surface area (Å²) >= 11 is 0. The Morgan fingerprint density at radius 3 is 2.79 bits per heavy atom. The van der Waals surface area contributed by atoms with Gasteiger partial charge in [0.05, 0.1) is 17.9 Å². The SMILES string of the molecule is Cl.Cl.O=C(CCc1cc2n(n1)CCNC2)NCCc1ccncc1. The number of nitrogens with zero attached hydrogens (tertiary/aromatic N) is 3. The number of halogens is 2. The van der Waals surface area contributed by atoms with Crippen molar-refractivity contribution >= 4 is 30.7 Å². The maximum atomic E-state index is 11.9. The van der Waals surface area contributed by atoms with Crippen molar-refractivity contribution < 1.29 is 4.79 Å². The molecular formula is C16H23Cl2N5O. The van der Waals surface area contributed by atoms with E-state index in [-0.39, 0.29) is 30.7 Å². The van der Waals surface area contributed by atoms with Crippen LogP contribution in [0.25, 0.3) is 0 Å². The number of pyridine rings is 1. The highest BCUT2D eigenvalue weighted by Crippen LogP contribution is 2.09.